The summed E-state index contributed by atoms with van der Waals surface area (Å²) in [6.07, 6.45) is 4.62. The van der Waals surface area contributed by atoms with Crippen molar-refractivity contribution in [3.63, 3.8) is 0 Å². The van der Waals surface area contributed by atoms with E-state index in [1.54, 1.807) is 6.07 Å². The van der Waals surface area contributed by atoms with Crippen LogP contribution in [-0.2, 0) is 26.2 Å². The Morgan fingerprint density at radius 1 is 1.19 bits per heavy atom. The molecule has 2 N–H and O–H groups in total. The summed E-state index contributed by atoms with van der Waals surface area (Å²) in [4.78, 5) is 18.5. The lowest BCUT2D eigenvalue weighted by molar-refractivity contribution is -0.129. The van der Waals surface area contributed by atoms with Gasteiger partial charge in [0, 0.05) is 18.9 Å². The summed E-state index contributed by atoms with van der Waals surface area (Å²) in [7, 11) is -3.56. The first-order chi connectivity index (χ1) is 15.2. The van der Waals surface area contributed by atoms with Gasteiger partial charge < -0.3 is 10.2 Å². The van der Waals surface area contributed by atoms with Crippen molar-refractivity contribution < 1.29 is 22.4 Å². The predicted octanol–water partition coefficient (Wildman–Crippen LogP) is 3.57. The molecule has 32 heavy (non-hydrogen) atoms. The van der Waals surface area contributed by atoms with Crippen LogP contribution in [0, 0.1) is 11.7 Å². The first-order valence-electron chi connectivity index (χ1n) is 10.6. The van der Waals surface area contributed by atoms with E-state index in [4.69, 9.17) is 4.84 Å². The van der Waals surface area contributed by atoms with Gasteiger partial charge in [-0.05, 0) is 48.9 Å². The average molecular weight is 460 g/mol. The van der Waals surface area contributed by atoms with Crippen LogP contribution in [0.3, 0.4) is 0 Å². The van der Waals surface area contributed by atoms with E-state index in [-0.39, 0.29) is 29.7 Å². The average Bonchev–Trinajstić information content (AvgIpc) is 3.17. The minimum Gasteiger partial charge on any atom is -0.389 e. The molecule has 1 saturated carbocycles. The summed E-state index contributed by atoms with van der Waals surface area (Å²) in [5.74, 6) is -0.879. The number of oxime groups is 1. The molecule has 0 bridgehead atoms. The van der Waals surface area contributed by atoms with Gasteiger partial charge in [0.05, 0.1) is 17.7 Å². The Kier molecular flexibility index (Phi) is 6.19. The molecule has 1 fully saturated rings. The van der Waals surface area contributed by atoms with Gasteiger partial charge in [0.15, 0.2) is 0 Å². The third kappa shape index (κ3) is 5.27. The molecule has 4 rings (SSSR count). The number of hydrogen-bond acceptors (Lipinski definition) is 5. The van der Waals surface area contributed by atoms with E-state index < -0.39 is 15.8 Å². The maximum atomic E-state index is 14.1. The monoisotopic (exact) mass is 459 g/mol. The van der Waals surface area contributed by atoms with Crippen molar-refractivity contribution in [3.05, 3.63) is 65.5 Å². The molecule has 170 valence electrons. The van der Waals surface area contributed by atoms with Crippen LogP contribution in [0.4, 0.5) is 10.1 Å². The Morgan fingerprint density at radius 3 is 2.56 bits per heavy atom. The van der Waals surface area contributed by atoms with Crippen LogP contribution in [0.1, 0.15) is 43.2 Å². The van der Waals surface area contributed by atoms with Crippen molar-refractivity contribution in [2.75, 3.05) is 11.0 Å². The molecule has 1 aliphatic carbocycles. The van der Waals surface area contributed by atoms with Crippen molar-refractivity contribution >= 4 is 27.3 Å². The number of anilines is 1. The molecule has 0 atom stereocenters. The van der Waals surface area contributed by atoms with Crippen LogP contribution in [-0.4, -0.2) is 31.9 Å². The molecule has 0 unspecified atom stereocenters. The van der Waals surface area contributed by atoms with E-state index in [9.17, 15) is 17.6 Å². The van der Waals surface area contributed by atoms with Gasteiger partial charge in [0.2, 0.25) is 15.9 Å². The van der Waals surface area contributed by atoms with Crippen LogP contribution >= 0.6 is 0 Å². The summed E-state index contributed by atoms with van der Waals surface area (Å²) in [5.41, 5.74) is 2.13. The van der Waals surface area contributed by atoms with E-state index >= 15 is 0 Å². The second-order valence-corrected chi connectivity index (χ2v) is 10.3. The number of carbonyl (C=O) groups is 1. The predicted molar refractivity (Wildman–Crippen MR) is 120 cm³/mol. The van der Waals surface area contributed by atoms with E-state index in [1.807, 2.05) is 30.3 Å². The first-order valence-corrected chi connectivity index (χ1v) is 12.5. The molecule has 0 aromatic heterocycles. The summed E-state index contributed by atoms with van der Waals surface area (Å²) < 4.78 is 38.8. The van der Waals surface area contributed by atoms with Crippen molar-refractivity contribution in [3.8, 4) is 0 Å². The molecule has 0 saturated heterocycles. The number of halogens is 1. The third-order valence-electron chi connectivity index (χ3n) is 6.01. The largest absolute Gasteiger partial charge is 0.389 e. The lowest BCUT2D eigenvalue weighted by Gasteiger charge is -2.34. The summed E-state index contributed by atoms with van der Waals surface area (Å²) in [6.45, 7) is 0.175. The maximum absolute atomic E-state index is 14.1. The number of nitrogens with one attached hydrogen (secondary N) is 2. The molecule has 1 aliphatic heterocycles. The van der Waals surface area contributed by atoms with Crippen molar-refractivity contribution in [2.45, 2.75) is 44.2 Å². The topological polar surface area (TPSA) is 96.9 Å². The molecule has 1 heterocycles. The van der Waals surface area contributed by atoms with Crippen molar-refractivity contribution in [2.24, 2.45) is 11.1 Å². The molecule has 2 aliphatic rings. The number of hydrogen-bond donors (Lipinski definition) is 2. The minimum atomic E-state index is -3.56. The highest BCUT2D eigenvalue weighted by Crippen LogP contribution is 2.41. The Hall–Kier alpha value is -2.94. The number of sulfonamides is 1. The van der Waals surface area contributed by atoms with E-state index in [2.05, 4.69) is 15.2 Å². The fourth-order valence-corrected chi connectivity index (χ4v) is 4.83. The zero-order valence-corrected chi connectivity index (χ0v) is 18.6. The van der Waals surface area contributed by atoms with Gasteiger partial charge >= 0.3 is 0 Å². The standard InChI is InChI=1S/C23H26FN3O4S/c1-32(29,30)27-20-8-7-16(13-19(20)24)15-25-22(28)18-9-11-23(12-10-18)14-21(26-31-23)17-5-3-2-4-6-17/h2-8,13,18,27H,9-12,14-15H2,1H3,(H,25,28)/t18-,23-. The molecule has 2 aromatic rings. The molecular formula is C23H26FN3O4S. The number of rotatable bonds is 6. The van der Waals surface area contributed by atoms with Crippen LogP contribution in [0.5, 0.6) is 0 Å². The molecule has 9 heteroatoms. The quantitative estimate of drug-likeness (QED) is 0.690. The maximum Gasteiger partial charge on any atom is 0.229 e. The molecule has 1 amide bonds. The molecule has 0 radical (unpaired) electrons. The minimum absolute atomic E-state index is 0.0687. The molecule has 7 nitrogen and oxygen atoms in total. The summed E-state index contributed by atoms with van der Waals surface area (Å²) in [6, 6.07) is 14.1. The second kappa shape index (κ2) is 8.90. The van der Waals surface area contributed by atoms with Gasteiger partial charge in [0.25, 0.3) is 0 Å². The number of carbonyl (C=O) groups excluding carboxylic acids is 1. The Balaban J connectivity index is 1.27. The summed E-state index contributed by atoms with van der Waals surface area (Å²) in [5, 5.41) is 7.17. The van der Waals surface area contributed by atoms with Crippen LogP contribution in [0.25, 0.3) is 0 Å². The number of amides is 1. The first kappa shape index (κ1) is 22.3. The van der Waals surface area contributed by atoms with Gasteiger partial charge in [0.1, 0.15) is 11.4 Å². The SMILES string of the molecule is CS(=O)(=O)Nc1ccc(CNC(=O)[C@H]2CC[C@]3(CC2)CC(c2ccccc2)=NO3)cc1F. The van der Waals surface area contributed by atoms with E-state index in [1.165, 1.54) is 12.1 Å². The highest BCUT2D eigenvalue weighted by molar-refractivity contribution is 7.92. The van der Waals surface area contributed by atoms with Gasteiger partial charge in [-0.15, -0.1) is 0 Å². The van der Waals surface area contributed by atoms with Crippen molar-refractivity contribution in [1.82, 2.24) is 5.32 Å². The fourth-order valence-electron chi connectivity index (χ4n) is 4.27. The molecule has 2 aromatic carbocycles. The highest BCUT2D eigenvalue weighted by Gasteiger charge is 2.43. The Labute approximate surface area is 187 Å². The normalized spacial score (nSPS) is 22.8. The lowest BCUT2D eigenvalue weighted by Crippen LogP contribution is -2.39. The number of benzene rings is 2. The van der Waals surface area contributed by atoms with Gasteiger partial charge in [-0.2, -0.15) is 0 Å². The third-order valence-corrected chi connectivity index (χ3v) is 6.60. The lowest BCUT2D eigenvalue weighted by atomic mass is 9.76. The van der Waals surface area contributed by atoms with E-state index in [0.29, 0.717) is 18.4 Å². The Bertz CT molecular complexity index is 1130. The molecular weight excluding hydrogens is 433 g/mol. The smallest absolute Gasteiger partial charge is 0.229 e. The van der Waals surface area contributed by atoms with Gasteiger partial charge in [-0.25, -0.2) is 12.8 Å². The van der Waals surface area contributed by atoms with Crippen molar-refractivity contribution in [1.29, 1.82) is 0 Å². The molecule has 1 spiro atoms. The summed E-state index contributed by atoms with van der Waals surface area (Å²) >= 11 is 0. The Morgan fingerprint density at radius 2 is 1.91 bits per heavy atom. The van der Waals surface area contributed by atoms with Gasteiger partial charge in [-0.1, -0.05) is 41.6 Å². The fraction of sp³-hybridized carbons (Fsp3) is 0.391. The zero-order valence-electron chi connectivity index (χ0n) is 17.8. The highest BCUT2D eigenvalue weighted by atomic mass is 32.2. The van der Waals surface area contributed by atoms with Crippen LogP contribution < -0.4 is 10.0 Å². The second-order valence-electron chi connectivity index (χ2n) is 8.54. The van der Waals surface area contributed by atoms with Crippen LogP contribution in [0.15, 0.2) is 53.7 Å². The number of nitrogens with zero attached hydrogens (tertiary/aromatic N) is 1. The zero-order chi connectivity index (χ0) is 22.8. The van der Waals surface area contributed by atoms with Gasteiger partial charge in [-0.3, -0.25) is 9.52 Å². The van der Waals surface area contributed by atoms with Crippen LogP contribution in [0.2, 0.25) is 0 Å². The van der Waals surface area contributed by atoms with E-state index in [0.717, 1.165) is 36.8 Å².